The molecule has 0 radical (unpaired) electrons. The molecule has 3 rings (SSSR count). The maximum absolute atomic E-state index is 12.4. The summed E-state index contributed by atoms with van der Waals surface area (Å²) in [7, 11) is 0. The lowest BCUT2D eigenvalue weighted by Crippen LogP contribution is -2.27. The maximum atomic E-state index is 12.4. The van der Waals surface area contributed by atoms with Gasteiger partial charge >= 0.3 is 0 Å². The van der Waals surface area contributed by atoms with Crippen LogP contribution in [0, 0.1) is 0 Å². The Morgan fingerprint density at radius 3 is 1.56 bits per heavy atom. The highest BCUT2D eigenvalue weighted by atomic mass is 35.5. The van der Waals surface area contributed by atoms with Crippen molar-refractivity contribution >= 4 is 22.4 Å². The minimum Gasteiger partial charge on any atom is -0.280 e. The highest BCUT2D eigenvalue weighted by Crippen LogP contribution is 2.34. The molecule has 124 valence electrons. The van der Waals surface area contributed by atoms with Crippen molar-refractivity contribution in [2.75, 3.05) is 0 Å². The Bertz CT molecular complexity index is 828. The number of hydrogen-bond acceptors (Lipinski definition) is 1. The van der Waals surface area contributed by atoms with Gasteiger partial charge in [-0.2, -0.15) is 0 Å². The Morgan fingerprint density at radius 1 is 0.760 bits per heavy atom. The summed E-state index contributed by atoms with van der Waals surface area (Å²) >= 11 is 6.06. The molecule has 0 aliphatic rings. The second-order valence-corrected chi connectivity index (χ2v) is 6.48. The standard InChI is InChI=1S/C23H19ClO/c1-23(22(24)25,20-15-9-4-10-16-20)17-21(18-11-5-2-6-12-18)19-13-7-3-8-14-19/h2-17H,1H3. The Labute approximate surface area is 153 Å². The van der Waals surface area contributed by atoms with Crippen LogP contribution in [0.5, 0.6) is 0 Å². The van der Waals surface area contributed by atoms with Crippen molar-refractivity contribution in [1.82, 2.24) is 0 Å². The number of rotatable bonds is 5. The second kappa shape index (κ2) is 7.50. The lowest BCUT2D eigenvalue weighted by molar-refractivity contribution is -0.114. The monoisotopic (exact) mass is 346 g/mol. The van der Waals surface area contributed by atoms with Gasteiger partial charge in [0, 0.05) is 0 Å². The van der Waals surface area contributed by atoms with Crippen LogP contribution in [0.3, 0.4) is 0 Å². The van der Waals surface area contributed by atoms with E-state index >= 15 is 0 Å². The van der Waals surface area contributed by atoms with Crippen molar-refractivity contribution < 1.29 is 4.79 Å². The Balaban J connectivity index is 2.22. The molecule has 0 aliphatic heterocycles. The molecule has 0 N–H and O–H groups in total. The second-order valence-electron chi connectivity index (χ2n) is 6.13. The third-order valence-corrected chi connectivity index (χ3v) is 4.78. The van der Waals surface area contributed by atoms with Crippen LogP contribution in [0.2, 0.25) is 0 Å². The highest BCUT2D eigenvalue weighted by Gasteiger charge is 2.32. The highest BCUT2D eigenvalue weighted by molar-refractivity contribution is 6.65. The molecule has 0 fully saturated rings. The molecule has 1 nitrogen and oxygen atoms in total. The predicted molar refractivity (Wildman–Crippen MR) is 105 cm³/mol. The number of carbonyl (C=O) groups excluding carboxylic acids is 1. The number of hydrogen-bond donors (Lipinski definition) is 0. The SMILES string of the molecule is CC(C=C(c1ccccc1)c1ccccc1)(C(=O)Cl)c1ccccc1. The number of benzene rings is 3. The first-order valence-electron chi connectivity index (χ1n) is 8.20. The molecule has 0 spiro atoms. The molecule has 0 saturated carbocycles. The van der Waals surface area contributed by atoms with Gasteiger partial charge in [-0.15, -0.1) is 0 Å². The van der Waals surface area contributed by atoms with Crippen LogP contribution >= 0.6 is 11.6 Å². The van der Waals surface area contributed by atoms with Gasteiger partial charge in [-0.3, -0.25) is 4.79 Å². The fraction of sp³-hybridized carbons (Fsp3) is 0.0870. The van der Waals surface area contributed by atoms with Crippen LogP contribution < -0.4 is 0 Å². The van der Waals surface area contributed by atoms with E-state index in [1.807, 2.05) is 104 Å². The van der Waals surface area contributed by atoms with Gasteiger partial charge in [0.05, 0.1) is 5.41 Å². The summed E-state index contributed by atoms with van der Waals surface area (Å²) in [6, 6.07) is 29.8. The van der Waals surface area contributed by atoms with Crippen LogP contribution in [0.25, 0.3) is 5.57 Å². The molecule has 0 aliphatic carbocycles. The van der Waals surface area contributed by atoms with E-state index in [-0.39, 0.29) is 0 Å². The molecule has 1 atom stereocenters. The summed E-state index contributed by atoms with van der Waals surface area (Å²) in [5, 5.41) is -0.400. The first kappa shape index (κ1) is 17.2. The van der Waals surface area contributed by atoms with Crippen LogP contribution in [0.1, 0.15) is 23.6 Å². The van der Waals surface area contributed by atoms with E-state index in [1.54, 1.807) is 0 Å². The molecular weight excluding hydrogens is 328 g/mol. The van der Waals surface area contributed by atoms with Crippen LogP contribution in [-0.2, 0) is 10.2 Å². The van der Waals surface area contributed by atoms with Gasteiger partial charge in [0.25, 0.3) is 0 Å². The molecule has 2 heteroatoms. The van der Waals surface area contributed by atoms with E-state index in [0.717, 1.165) is 22.3 Å². The van der Waals surface area contributed by atoms with Crippen molar-refractivity contribution in [2.24, 2.45) is 0 Å². The molecule has 0 bridgehead atoms. The molecule has 0 heterocycles. The summed E-state index contributed by atoms with van der Waals surface area (Å²) in [5.74, 6) is 0. The first-order valence-corrected chi connectivity index (χ1v) is 8.58. The Kier molecular flexibility index (Phi) is 5.16. The lowest BCUT2D eigenvalue weighted by Gasteiger charge is -2.24. The average Bonchev–Trinajstić information content (AvgIpc) is 2.68. The molecular formula is C23H19ClO. The van der Waals surface area contributed by atoms with Crippen molar-refractivity contribution in [3.05, 3.63) is 114 Å². The van der Waals surface area contributed by atoms with Crippen molar-refractivity contribution in [3.8, 4) is 0 Å². The van der Waals surface area contributed by atoms with E-state index in [2.05, 4.69) is 0 Å². The molecule has 25 heavy (non-hydrogen) atoms. The third-order valence-electron chi connectivity index (χ3n) is 4.38. The zero-order valence-corrected chi connectivity index (χ0v) is 14.8. The van der Waals surface area contributed by atoms with Crippen LogP contribution in [0.4, 0.5) is 0 Å². The fourth-order valence-corrected chi connectivity index (χ4v) is 3.06. The predicted octanol–water partition coefficient (Wildman–Crippen LogP) is 5.84. The van der Waals surface area contributed by atoms with Crippen molar-refractivity contribution in [2.45, 2.75) is 12.3 Å². The van der Waals surface area contributed by atoms with E-state index in [9.17, 15) is 4.79 Å². The molecule has 0 aromatic heterocycles. The Morgan fingerprint density at radius 2 is 1.16 bits per heavy atom. The van der Waals surface area contributed by atoms with Gasteiger partial charge in [-0.1, -0.05) is 97.1 Å². The number of halogens is 1. The molecule has 0 amide bonds. The largest absolute Gasteiger partial charge is 0.280 e. The van der Waals surface area contributed by atoms with Crippen LogP contribution in [-0.4, -0.2) is 5.24 Å². The summed E-state index contributed by atoms with van der Waals surface area (Å²) in [5.41, 5.74) is 3.05. The minimum atomic E-state index is -0.913. The summed E-state index contributed by atoms with van der Waals surface area (Å²) < 4.78 is 0. The van der Waals surface area contributed by atoms with Crippen LogP contribution in [0.15, 0.2) is 97.1 Å². The third kappa shape index (κ3) is 3.72. The van der Waals surface area contributed by atoms with E-state index in [1.165, 1.54) is 0 Å². The quantitative estimate of drug-likeness (QED) is 0.530. The molecule has 3 aromatic rings. The van der Waals surface area contributed by atoms with Crippen molar-refractivity contribution in [1.29, 1.82) is 0 Å². The Hall–Kier alpha value is -2.64. The summed E-state index contributed by atoms with van der Waals surface area (Å²) in [4.78, 5) is 12.4. The normalized spacial score (nSPS) is 12.9. The van der Waals surface area contributed by atoms with Crippen molar-refractivity contribution in [3.63, 3.8) is 0 Å². The van der Waals surface area contributed by atoms with Gasteiger partial charge in [-0.05, 0) is 40.8 Å². The zero-order valence-electron chi connectivity index (χ0n) is 14.0. The first-order chi connectivity index (χ1) is 12.1. The van der Waals surface area contributed by atoms with Gasteiger partial charge in [0.1, 0.15) is 0 Å². The van der Waals surface area contributed by atoms with E-state index < -0.39 is 10.7 Å². The molecule has 0 saturated heterocycles. The van der Waals surface area contributed by atoms with Gasteiger partial charge in [0.2, 0.25) is 5.24 Å². The topological polar surface area (TPSA) is 17.1 Å². The van der Waals surface area contributed by atoms with Gasteiger partial charge in [-0.25, -0.2) is 0 Å². The zero-order chi connectivity index (χ0) is 17.7. The summed E-state index contributed by atoms with van der Waals surface area (Å²) in [6.07, 6.45) is 1.97. The van der Waals surface area contributed by atoms with E-state index in [4.69, 9.17) is 11.6 Å². The molecule has 1 unspecified atom stereocenters. The average molecular weight is 347 g/mol. The fourth-order valence-electron chi connectivity index (χ4n) is 2.90. The maximum Gasteiger partial charge on any atom is 0.235 e. The minimum absolute atomic E-state index is 0.400. The van der Waals surface area contributed by atoms with Gasteiger partial charge in [0.15, 0.2) is 0 Å². The smallest absolute Gasteiger partial charge is 0.235 e. The van der Waals surface area contributed by atoms with Gasteiger partial charge < -0.3 is 0 Å². The van der Waals surface area contributed by atoms with E-state index in [0.29, 0.717) is 0 Å². The summed E-state index contributed by atoms with van der Waals surface area (Å²) in [6.45, 7) is 1.86. The lowest BCUT2D eigenvalue weighted by atomic mass is 9.80. The number of carbonyl (C=O) groups is 1. The number of allylic oxidation sites excluding steroid dienone is 1. The molecule has 3 aromatic carbocycles.